The summed E-state index contributed by atoms with van der Waals surface area (Å²) in [7, 11) is 0. The van der Waals surface area contributed by atoms with E-state index in [-0.39, 0.29) is 11.2 Å². The zero-order chi connectivity index (χ0) is 17.1. The van der Waals surface area contributed by atoms with E-state index in [4.69, 9.17) is 0 Å². The summed E-state index contributed by atoms with van der Waals surface area (Å²) in [4.78, 5) is 17.9. The van der Waals surface area contributed by atoms with Crippen molar-refractivity contribution in [2.45, 2.75) is 31.2 Å². The fourth-order valence-corrected chi connectivity index (χ4v) is 3.53. The Kier molecular flexibility index (Phi) is 5.01. The smallest absolute Gasteiger partial charge is 0.237 e. The van der Waals surface area contributed by atoms with Crippen LogP contribution in [0.3, 0.4) is 0 Å². The van der Waals surface area contributed by atoms with Crippen molar-refractivity contribution in [1.82, 2.24) is 15.2 Å². The van der Waals surface area contributed by atoms with Crippen molar-refractivity contribution >= 4 is 34.7 Å². The highest BCUT2D eigenvalue weighted by atomic mass is 32.2. The molecule has 1 aromatic carbocycles. The molecular formula is C17H18N4OS2. The summed E-state index contributed by atoms with van der Waals surface area (Å²) < 4.78 is 0. The molecule has 7 heteroatoms. The van der Waals surface area contributed by atoms with E-state index in [0.717, 1.165) is 27.5 Å². The normalized spacial score (nSPS) is 12.1. The largest absolute Gasteiger partial charge is 0.325 e. The van der Waals surface area contributed by atoms with Crippen LogP contribution in [0.25, 0.3) is 10.7 Å². The number of hydrogen-bond acceptors (Lipinski definition) is 5. The summed E-state index contributed by atoms with van der Waals surface area (Å²) in [6, 6.07) is 9.96. The molecule has 0 aliphatic rings. The number of hydrogen-bond donors (Lipinski definition) is 2. The van der Waals surface area contributed by atoms with Crippen LogP contribution in [0.15, 0.2) is 40.9 Å². The van der Waals surface area contributed by atoms with E-state index in [1.807, 2.05) is 56.5 Å². The molecule has 124 valence electrons. The van der Waals surface area contributed by atoms with Crippen LogP contribution in [0, 0.1) is 13.8 Å². The molecule has 1 amide bonds. The van der Waals surface area contributed by atoms with E-state index >= 15 is 0 Å². The monoisotopic (exact) mass is 358 g/mol. The van der Waals surface area contributed by atoms with E-state index in [9.17, 15) is 4.79 Å². The lowest BCUT2D eigenvalue weighted by Crippen LogP contribution is -2.23. The second kappa shape index (κ2) is 7.19. The number of thioether (sulfide) groups is 1. The first kappa shape index (κ1) is 16.7. The molecule has 0 aliphatic heterocycles. The molecule has 0 spiro atoms. The predicted octanol–water partition coefficient (Wildman–Crippen LogP) is 4.27. The quantitative estimate of drug-likeness (QED) is 0.668. The van der Waals surface area contributed by atoms with Gasteiger partial charge in [-0.3, -0.25) is 9.89 Å². The molecular weight excluding hydrogens is 340 g/mol. The molecule has 0 radical (unpaired) electrons. The number of carbonyl (C=O) groups excluding carboxylic acids is 1. The zero-order valence-electron chi connectivity index (χ0n) is 13.7. The van der Waals surface area contributed by atoms with E-state index in [0.29, 0.717) is 5.16 Å². The van der Waals surface area contributed by atoms with Crippen molar-refractivity contribution in [1.29, 1.82) is 0 Å². The molecule has 2 heterocycles. The highest BCUT2D eigenvalue weighted by molar-refractivity contribution is 8.00. The maximum Gasteiger partial charge on any atom is 0.237 e. The van der Waals surface area contributed by atoms with Crippen LogP contribution in [0.5, 0.6) is 0 Å². The van der Waals surface area contributed by atoms with Crippen LogP contribution in [-0.4, -0.2) is 26.3 Å². The van der Waals surface area contributed by atoms with Crippen LogP contribution < -0.4 is 5.32 Å². The first-order valence-electron chi connectivity index (χ1n) is 7.54. The minimum Gasteiger partial charge on any atom is -0.325 e. The minimum absolute atomic E-state index is 0.0591. The van der Waals surface area contributed by atoms with E-state index in [2.05, 4.69) is 20.5 Å². The maximum atomic E-state index is 12.4. The number of aryl methyl sites for hydroxylation is 2. The minimum atomic E-state index is -0.295. The van der Waals surface area contributed by atoms with Gasteiger partial charge in [-0.25, -0.2) is 4.98 Å². The van der Waals surface area contributed by atoms with Gasteiger partial charge in [0.2, 0.25) is 11.1 Å². The summed E-state index contributed by atoms with van der Waals surface area (Å²) in [5, 5.41) is 12.4. The molecule has 5 nitrogen and oxygen atoms in total. The van der Waals surface area contributed by atoms with Gasteiger partial charge in [-0.15, -0.1) is 16.4 Å². The molecule has 0 bridgehead atoms. The van der Waals surface area contributed by atoms with Gasteiger partial charge in [0.25, 0.3) is 0 Å². The van der Waals surface area contributed by atoms with E-state index in [1.165, 1.54) is 11.8 Å². The summed E-state index contributed by atoms with van der Waals surface area (Å²) in [6.07, 6.45) is 0. The number of benzene rings is 1. The van der Waals surface area contributed by atoms with Gasteiger partial charge in [-0.05, 0) is 49.4 Å². The Bertz CT molecular complexity index is 842. The van der Waals surface area contributed by atoms with Crippen molar-refractivity contribution < 1.29 is 4.79 Å². The number of nitrogens with one attached hydrogen (secondary N) is 2. The summed E-state index contributed by atoms with van der Waals surface area (Å²) in [5.74, 6) is 0.672. The number of aromatic nitrogens is 3. The molecule has 1 atom stereocenters. The highest BCUT2D eigenvalue weighted by Gasteiger charge is 2.18. The topological polar surface area (TPSA) is 70.7 Å². The lowest BCUT2D eigenvalue weighted by Gasteiger charge is -2.12. The van der Waals surface area contributed by atoms with Crippen LogP contribution in [-0.2, 0) is 4.79 Å². The Hall–Kier alpha value is -2.12. The Labute approximate surface area is 148 Å². The average molecular weight is 358 g/mol. The lowest BCUT2D eigenvalue weighted by atomic mass is 10.1. The van der Waals surface area contributed by atoms with Crippen LogP contribution >= 0.6 is 23.1 Å². The fourth-order valence-electron chi connectivity index (χ4n) is 2.14. The Morgan fingerprint density at radius 2 is 2.17 bits per heavy atom. The predicted molar refractivity (Wildman–Crippen MR) is 99.6 cm³/mol. The molecule has 24 heavy (non-hydrogen) atoms. The number of rotatable bonds is 5. The molecule has 0 saturated carbocycles. The molecule has 0 saturated heterocycles. The van der Waals surface area contributed by atoms with Gasteiger partial charge < -0.3 is 5.32 Å². The molecule has 3 aromatic rings. The SMILES string of the molecule is Cc1ccc(C)c(NC(=O)[C@H](C)Sc2n[nH]c(-c3cccs3)n2)c1. The maximum absolute atomic E-state index is 12.4. The number of thiophene rings is 1. The summed E-state index contributed by atoms with van der Waals surface area (Å²) in [6.45, 7) is 5.84. The Balaban J connectivity index is 1.65. The summed E-state index contributed by atoms with van der Waals surface area (Å²) >= 11 is 2.94. The molecule has 0 fully saturated rings. The second-order valence-corrected chi connectivity index (χ2v) is 7.77. The highest BCUT2D eigenvalue weighted by Crippen LogP contribution is 2.26. The van der Waals surface area contributed by atoms with Crippen LogP contribution in [0.4, 0.5) is 5.69 Å². The molecule has 0 unspecified atom stereocenters. The third-order valence-corrected chi connectivity index (χ3v) is 5.36. The summed E-state index contributed by atoms with van der Waals surface area (Å²) in [5.41, 5.74) is 3.01. The first-order chi connectivity index (χ1) is 11.5. The molecule has 2 N–H and O–H groups in total. The van der Waals surface area contributed by atoms with Gasteiger partial charge in [-0.2, -0.15) is 0 Å². The Morgan fingerprint density at radius 3 is 2.92 bits per heavy atom. The molecule has 0 aliphatic carbocycles. The lowest BCUT2D eigenvalue weighted by molar-refractivity contribution is -0.115. The van der Waals surface area contributed by atoms with Crippen molar-refractivity contribution in [3.05, 3.63) is 46.8 Å². The third kappa shape index (κ3) is 3.85. The van der Waals surface area contributed by atoms with Crippen molar-refractivity contribution in [2.75, 3.05) is 5.32 Å². The van der Waals surface area contributed by atoms with Crippen molar-refractivity contribution in [3.63, 3.8) is 0 Å². The van der Waals surface area contributed by atoms with Crippen molar-refractivity contribution in [2.24, 2.45) is 0 Å². The van der Waals surface area contributed by atoms with Crippen molar-refractivity contribution in [3.8, 4) is 10.7 Å². The van der Waals surface area contributed by atoms with Gasteiger partial charge >= 0.3 is 0 Å². The molecule has 2 aromatic heterocycles. The Morgan fingerprint density at radius 1 is 1.33 bits per heavy atom. The fraction of sp³-hybridized carbons (Fsp3) is 0.235. The first-order valence-corrected chi connectivity index (χ1v) is 9.30. The number of nitrogens with zero attached hydrogens (tertiary/aromatic N) is 2. The van der Waals surface area contributed by atoms with Crippen LogP contribution in [0.1, 0.15) is 18.1 Å². The van der Waals surface area contributed by atoms with Gasteiger partial charge in [0.1, 0.15) is 0 Å². The standard InChI is InChI=1S/C17H18N4OS2/c1-10-6-7-11(2)13(9-10)18-16(22)12(3)24-17-19-15(20-21-17)14-5-4-8-23-14/h4-9,12H,1-3H3,(H,18,22)(H,19,20,21)/t12-/m0/s1. The molecule has 3 rings (SSSR count). The number of aromatic amines is 1. The van der Waals surface area contributed by atoms with E-state index in [1.54, 1.807) is 11.3 Å². The number of amides is 1. The van der Waals surface area contributed by atoms with Gasteiger partial charge in [0.05, 0.1) is 10.1 Å². The van der Waals surface area contributed by atoms with E-state index < -0.39 is 0 Å². The van der Waals surface area contributed by atoms with Crippen LogP contribution in [0.2, 0.25) is 0 Å². The average Bonchev–Trinajstić information content (AvgIpc) is 3.21. The van der Waals surface area contributed by atoms with Gasteiger partial charge in [0.15, 0.2) is 5.82 Å². The van der Waals surface area contributed by atoms with Gasteiger partial charge in [-0.1, -0.05) is 30.0 Å². The zero-order valence-corrected chi connectivity index (χ0v) is 15.3. The third-order valence-electron chi connectivity index (χ3n) is 3.52. The number of H-pyrrole nitrogens is 1. The van der Waals surface area contributed by atoms with Gasteiger partial charge in [0, 0.05) is 5.69 Å². The number of carbonyl (C=O) groups is 1. The number of anilines is 1. The second-order valence-electron chi connectivity index (χ2n) is 5.51.